The number of nitrogens with zero attached hydrogens (tertiary/aromatic N) is 1. The number of benzene rings is 1. The minimum atomic E-state index is 0.0323. The smallest absolute Gasteiger partial charge is 0.317 e. The number of ether oxygens (including phenoxy) is 1. The topological polar surface area (TPSA) is 41.6 Å². The fourth-order valence-corrected chi connectivity index (χ4v) is 2.29. The number of likely N-dealkylation sites (tertiary alicyclic amines) is 1. The van der Waals surface area contributed by atoms with Gasteiger partial charge in [-0.15, -0.1) is 0 Å². The normalized spacial score (nSPS) is 14.5. The van der Waals surface area contributed by atoms with Gasteiger partial charge in [0.2, 0.25) is 0 Å². The molecule has 4 heteroatoms. The fourth-order valence-electron chi connectivity index (χ4n) is 2.29. The second-order valence-electron chi connectivity index (χ2n) is 4.74. The predicted molar refractivity (Wildman–Crippen MR) is 75.5 cm³/mol. The van der Waals surface area contributed by atoms with Crippen molar-refractivity contribution in [1.82, 2.24) is 10.2 Å². The van der Waals surface area contributed by atoms with Gasteiger partial charge in [-0.1, -0.05) is 25.1 Å². The van der Waals surface area contributed by atoms with Crippen molar-refractivity contribution in [2.24, 2.45) is 0 Å². The molecule has 0 radical (unpaired) electrons. The molecule has 2 rings (SSSR count). The zero-order valence-corrected chi connectivity index (χ0v) is 11.5. The van der Waals surface area contributed by atoms with Gasteiger partial charge in [-0.25, -0.2) is 4.79 Å². The number of para-hydroxylation sites is 1. The zero-order valence-electron chi connectivity index (χ0n) is 11.5. The maximum Gasteiger partial charge on any atom is 0.317 e. The third kappa shape index (κ3) is 3.88. The molecule has 1 aromatic carbocycles. The molecule has 0 spiro atoms. The van der Waals surface area contributed by atoms with Crippen LogP contribution in [0.4, 0.5) is 4.79 Å². The van der Waals surface area contributed by atoms with E-state index < -0.39 is 0 Å². The van der Waals surface area contributed by atoms with Gasteiger partial charge < -0.3 is 15.0 Å². The molecule has 1 fully saturated rings. The molecule has 104 valence electrons. The summed E-state index contributed by atoms with van der Waals surface area (Å²) in [5.74, 6) is 0.917. The summed E-state index contributed by atoms with van der Waals surface area (Å²) in [6, 6.07) is 8.06. The van der Waals surface area contributed by atoms with Crippen molar-refractivity contribution >= 4 is 6.03 Å². The van der Waals surface area contributed by atoms with Crippen molar-refractivity contribution in [1.29, 1.82) is 0 Å². The second kappa shape index (κ2) is 7.02. The molecule has 4 nitrogen and oxygen atoms in total. The van der Waals surface area contributed by atoms with Crippen LogP contribution < -0.4 is 10.1 Å². The van der Waals surface area contributed by atoms with E-state index >= 15 is 0 Å². The largest absolute Gasteiger partial charge is 0.491 e. The minimum absolute atomic E-state index is 0.0323. The molecule has 1 N–H and O–H groups in total. The maximum atomic E-state index is 11.7. The minimum Gasteiger partial charge on any atom is -0.491 e. The second-order valence-corrected chi connectivity index (χ2v) is 4.74. The lowest BCUT2D eigenvalue weighted by Gasteiger charge is -2.16. The molecule has 0 aromatic heterocycles. The highest BCUT2D eigenvalue weighted by Crippen LogP contribution is 2.17. The maximum absolute atomic E-state index is 11.7. The number of urea groups is 1. The van der Waals surface area contributed by atoms with Crippen LogP contribution in [0.25, 0.3) is 0 Å². The van der Waals surface area contributed by atoms with E-state index in [1.54, 1.807) is 0 Å². The van der Waals surface area contributed by atoms with E-state index in [2.05, 4.69) is 18.3 Å². The average Bonchev–Trinajstić information content (AvgIpc) is 2.98. The monoisotopic (exact) mass is 262 g/mol. The number of aryl methyl sites for hydroxylation is 1. The summed E-state index contributed by atoms with van der Waals surface area (Å²) < 4.78 is 5.71. The highest BCUT2D eigenvalue weighted by Gasteiger charge is 2.16. The Morgan fingerprint density at radius 1 is 1.32 bits per heavy atom. The highest BCUT2D eigenvalue weighted by molar-refractivity contribution is 5.74. The quantitative estimate of drug-likeness (QED) is 0.828. The van der Waals surface area contributed by atoms with Crippen molar-refractivity contribution in [3.8, 4) is 5.75 Å². The van der Waals surface area contributed by atoms with Crippen LogP contribution in [0.3, 0.4) is 0 Å². The molecule has 0 bridgehead atoms. The molecule has 0 aliphatic carbocycles. The van der Waals surface area contributed by atoms with Gasteiger partial charge in [0.25, 0.3) is 0 Å². The molecule has 2 amide bonds. The lowest BCUT2D eigenvalue weighted by molar-refractivity contribution is 0.205. The molecule has 1 aromatic rings. The SMILES string of the molecule is CCc1ccccc1OCCNC(=O)N1CCCC1. The first-order chi connectivity index (χ1) is 9.31. The molecule has 19 heavy (non-hydrogen) atoms. The molecule has 0 atom stereocenters. The van der Waals surface area contributed by atoms with Crippen LogP contribution >= 0.6 is 0 Å². The molecule has 1 heterocycles. The summed E-state index contributed by atoms with van der Waals surface area (Å²) in [4.78, 5) is 13.6. The van der Waals surface area contributed by atoms with Gasteiger partial charge in [-0.05, 0) is 30.9 Å². The lowest BCUT2D eigenvalue weighted by atomic mass is 10.1. The Labute approximate surface area is 114 Å². The summed E-state index contributed by atoms with van der Waals surface area (Å²) >= 11 is 0. The van der Waals surface area contributed by atoms with Crippen LogP contribution in [-0.4, -0.2) is 37.2 Å². The van der Waals surface area contributed by atoms with Crippen LogP contribution in [0.5, 0.6) is 5.75 Å². The van der Waals surface area contributed by atoms with Crippen molar-refractivity contribution < 1.29 is 9.53 Å². The van der Waals surface area contributed by atoms with Gasteiger partial charge in [0.1, 0.15) is 12.4 Å². The third-order valence-electron chi connectivity index (χ3n) is 3.38. The zero-order chi connectivity index (χ0) is 13.5. The molecule has 0 unspecified atom stereocenters. The van der Waals surface area contributed by atoms with Crippen LogP contribution in [0.2, 0.25) is 0 Å². The first-order valence-electron chi connectivity index (χ1n) is 7.04. The van der Waals surface area contributed by atoms with E-state index in [4.69, 9.17) is 4.74 Å². The number of carbonyl (C=O) groups is 1. The summed E-state index contributed by atoms with van der Waals surface area (Å²) in [5.41, 5.74) is 1.20. The number of nitrogens with one attached hydrogen (secondary N) is 1. The van der Waals surface area contributed by atoms with Crippen LogP contribution in [0, 0.1) is 0 Å². The summed E-state index contributed by atoms with van der Waals surface area (Å²) in [6.07, 6.45) is 3.19. The van der Waals surface area contributed by atoms with Crippen molar-refractivity contribution in [2.45, 2.75) is 26.2 Å². The Morgan fingerprint density at radius 2 is 2.05 bits per heavy atom. The van der Waals surface area contributed by atoms with Crippen LogP contribution in [-0.2, 0) is 6.42 Å². The Bertz CT molecular complexity index is 414. The Morgan fingerprint density at radius 3 is 2.79 bits per heavy atom. The van der Waals surface area contributed by atoms with Gasteiger partial charge in [0, 0.05) is 13.1 Å². The Kier molecular flexibility index (Phi) is 5.07. The molecule has 1 aliphatic heterocycles. The number of hydrogen-bond acceptors (Lipinski definition) is 2. The first kappa shape index (κ1) is 13.7. The van der Waals surface area contributed by atoms with Crippen LogP contribution in [0.15, 0.2) is 24.3 Å². The number of carbonyl (C=O) groups excluding carboxylic acids is 1. The first-order valence-corrected chi connectivity index (χ1v) is 7.04. The predicted octanol–water partition coefficient (Wildman–Crippen LogP) is 2.43. The van der Waals surface area contributed by atoms with E-state index in [1.165, 1.54) is 5.56 Å². The number of hydrogen-bond donors (Lipinski definition) is 1. The van der Waals surface area contributed by atoms with Gasteiger partial charge in [0.05, 0.1) is 6.54 Å². The highest BCUT2D eigenvalue weighted by atomic mass is 16.5. The van der Waals surface area contributed by atoms with E-state index in [1.807, 2.05) is 23.1 Å². The van der Waals surface area contributed by atoms with Crippen molar-refractivity contribution in [2.75, 3.05) is 26.2 Å². The Hall–Kier alpha value is -1.71. The van der Waals surface area contributed by atoms with Crippen molar-refractivity contribution in [3.63, 3.8) is 0 Å². The standard InChI is InChI=1S/C15H22N2O2/c1-2-13-7-3-4-8-14(13)19-12-9-16-15(18)17-10-5-6-11-17/h3-4,7-8H,2,5-6,9-12H2,1H3,(H,16,18). The van der Waals surface area contributed by atoms with Crippen LogP contribution in [0.1, 0.15) is 25.3 Å². The van der Waals surface area contributed by atoms with Gasteiger partial charge >= 0.3 is 6.03 Å². The van der Waals surface area contributed by atoms with Crippen molar-refractivity contribution in [3.05, 3.63) is 29.8 Å². The van der Waals surface area contributed by atoms with E-state index in [9.17, 15) is 4.79 Å². The summed E-state index contributed by atoms with van der Waals surface area (Å²) in [7, 11) is 0. The average molecular weight is 262 g/mol. The van der Waals surface area contributed by atoms with E-state index in [0.29, 0.717) is 13.2 Å². The number of rotatable bonds is 5. The molecule has 0 saturated carbocycles. The van der Waals surface area contributed by atoms with E-state index in [0.717, 1.165) is 38.1 Å². The molecule has 1 saturated heterocycles. The summed E-state index contributed by atoms with van der Waals surface area (Å²) in [5, 5.41) is 2.89. The molecular formula is C15H22N2O2. The fraction of sp³-hybridized carbons (Fsp3) is 0.533. The third-order valence-corrected chi connectivity index (χ3v) is 3.38. The molecular weight excluding hydrogens is 240 g/mol. The van der Waals surface area contributed by atoms with Gasteiger partial charge in [0.15, 0.2) is 0 Å². The number of amides is 2. The summed E-state index contributed by atoms with van der Waals surface area (Å²) in [6.45, 7) is 4.93. The lowest BCUT2D eigenvalue weighted by Crippen LogP contribution is -2.39. The molecule has 1 aliphatic rings. The van der Waals surface area contributed by atoms with Gasteiger partial charge in [-0.3, -0.25) is 0 Å². The van der Waals surface area contributed by atoms with E-state index in [-0.39, 0.29) is 6.03 Å². The Balaban J connectivity index is 1.70. The van der Waals surface area contributed by atoms with Gasteiger partial charge in [-0.2, -0.15) is 0 Å².